The molecular formula is C71H47Ir6N19-6. The molecule has 12 heterocycles. The van der Waals surface area contributed by atoms with Crippen LogP contribution in [0.2, 0.25) is 0 Å². The van der Waals surface area contributed by atoms with Gasteiger partial charge in [-0.15, -0.1) is 159 Å². The Balaban J connectivity index is 0.000000146. The van der Waals surface area contributed by atoms with Crippen LogP contribution in [0.4, 0.5) is 5.69 Å². The van der Waals surface area contributed by atoms with Gasteiger partial charge in [-0.05, 0) is 26.3 Å². The number of aryl methyl sites for hydroxylation is 4. The molecule has 0 aliphatic carbocycles. The first-order valence-electron chi connectivity index (χ1n) is 28.3. The van der Waals surface area contributed by atoms with Gasteiger partial charge in [0.1, 0.15) is 43.1 Å². The van der Waals surface area contributed by atoms with E-state index in [0.717, 1.165) is 105 Å². The van der Waals surface area contributed by atoms with Crippen LogP contribution in [0.15, 0.2) is 214 Å². The summed E-state index contributed by atoms with van der Waals surface area (Å²) in [5.74, 6) is 0.787. The quantitative estimate of drug-likeness (QED) is 0.142. The zero-order chi connectivity index (χ0) is 61.1. The minimum absolute atomic E-state index is 0. The van der Waals surface area contributed by atoms with Crippen LogP contribution in [0.5, 0.6) is 0 Å². The Hall–Kier alpha value is -8.79. The van der Waals surface area contributed by atoms with Gasteiger partial charge >= 0.3 is 0 Å². The zero-order valence-corrected chi connectivity index (χ0v) is 65.1. The Morgan fingerprint density at radius 1 is 0.427 bits per heavy atom. The third-order valence-corrected chi connectivity index (χ3v) is 15.0. The number of nitrogens with zero attached hydrogens (tertiary/aromatic N) is 19. The molecule has 0 aliphatic heterocycles. The van der Waals surface area contributed by atoms with E-state index < -0.39 is 0 Å². The van der Waals surface area contributed by atoms with Crippen LogP contribution in [0.3, 0.4) is 0 Å². The van der Waals surface area contributed by atoms with E-state index in [0.29, 0.717) is 5.69 Å². The van der Waals surface area contributed by atoms with Crippen LogP contribution in [0.25, 0.3) is 114 Å². The van der Waals surface area contributed by atoms with Crippen molar-refractivity contribution in [2.24, 2.45) is 0 Å². The van der Waals surface area contributed by atoms with Crippen molar-refractivity contribution in [3.05, 3.63) is 285 Å². The third-order valence-electron chi connectivity index (χ3n) is 15.0. The van der Waals surface area contributed by atoms with Crippen molar-refractivity contribution in [2.45, 2.75) is 27.7 Å². The van der Waals surface area contributed by atoms with E-state index in [9.17, 15) is 0 Å². The Morgan fingerprint density at radius 2 is 0.938 bits per heavy atom. The molecule has 0 fully saturated rings. The summed E-state index contributed by atoms with van der Waals surface area (Å²) in [5, 5.41) is 41.2. The molecule has 19 nitrogen and oxygen atoms in total. The number of aromatic nitrogens is 18. The monoisotopic (exact) mass is 2320 g/mol. The summed E-state index contributed by atoms with van der Waals surface area (Å²) in [6.07, 6.45) is 17.5. The molecule has 6 radical (unpaired) electrons. The van der Waals surface area contributed by atoms with Crippen LogP contribution in [-0.4, -0.2) is 87.6 Å². The zero-order valence-electron chi connectivity index (χ0n) is 50.7. The van der Waals surface area contributed by atoms with Crippen molar-refractivity contribution in [2.75, 3.05) is 0 Å². The smallest absolute Gasteiger partial charge is 0.137 e. The van der Waals surface area contributed by atoms with Gasteiger partial charge in [-0.1, -0.05) is 116 Å². The largest absolute Gasteiger partial charge is 0.327 e. The van der Waals surface area contributed by atoms with Gasteiger partial charge in [0, 0.05) is 157 Å². The maximum Gasteiger partial charge on any atom is 0.137 e. The fourth-order valence-corrected chi connectivity index (χ4v) is 10.8. The number of hydrogen-bond donors (Lipinski definition) is 0. The number of benzene rings is 7. The summed E-state index contributed by atoms with van der Waals surface area (Å²) in [7, 11) is 0. The Kier molecular flexibility index (Phi) is 24.9. The van der Waals surface area contributed by atoms with E-state index in [-0.39, 0.29) is 121 Å². The average molecular weight is 2320 g/mol. The normalized spacial score (nSPS) is 10.4. The molecule has 0 spiro atoms. The summed E-state index contributed by atoms with van der Waals surface area (Å²) in [4.78, 5) is 24.7. The fourth-order valence-electron chi connectivity index (χ4n) is 10.8. The van der Waals surface area contributed by atoms with Crippen LogP contribution in [-0.2, 0) is 121 Å². The molecule has 0 unspecified atom stereocenters. The summed E-state index contributed by atoms with van der Waals surface area (Å²) in [6, 6.07) is 69.0. The molecule has 0 atom stereocenters. The summed E-state index contributed by atoms with van der Waals surface area (Å²) in [6.45, 7) is 15.1. The van der Waals surface area contributed by atoms with Crippen molar-refractivity contribution in [1.82, 2.24) is 87.6 Å². The van der Waals surface area contributed by atoms with Gasteiger partial charge in [-0.2, -0.15) is 36.7 Å². The molecular weight excluding hydrogens is 2270 g/mol. The van der Waals surface area contributed by atoms with E-state index >= 15 is 0 Å². The molecule has 19 rings (SSSR count). The van der Waals surface area contributed by atoms with E-state index in [4.69, 9.17) is 6.57 Å². The van der Waals surface area contributed by atoms with Crippen molar-refractivity contribution in [3.8, 4) is 11.1 Å². The first-order chi connectivity index (χ1) is 44.2. The van der Waals surface area contributed by atoms with Gasteiger partial charge in [0.25, 0.3) is 0 Å². The van der Waals surface area contributed by atoms with Crippen LogP contribution in [0, 0.1) is 70.7 Å². The van der Waals surface area contributed by atoms with Crippen LogP contribution >= 0.6 is 0 Å². The topological polar surface area (TPSA) is 186 Å². The molecule has 7 aromatic carbocycles. The van der Waals surface area contributed by atoms with E-state index in [1.807, 2.05) is 128 Å². The first-order valence-corrected chi connectivity index (χ1v) is 28.3. The average Bonchev–Trinajstić information content (AvgIpc) is 1.37. The van der Waals surface area contributed by atoms with Gasteiger partial charge in [-0.25, -0.2) is 0 Å². The standard InChI is InChI=1S/C16H10N3.C11H5N4.4C11H8N3.6Ir/c1-2-5-12(6-3-1)13-7-4-8-15-14(13)9-10-19-16(15)17-11-18-19;1-12-10-4-2-3-9-8(10)5-6-15-11(9)13-7-14-15;1-8-2-3-10-9(6-8)4-5-14-11(10)12-7-13-14;1-8-6-14-11(12-7-13-14)10-5-3-2-4-9(8)10;1-8-6-9-4-2-3-5-10(9)11-13-12-7-14(8)11;1-8-12-11-10-5-3-2-4-9(10)6-7-14(11)13-8;;;;;;/h1-7,9-11H;2,4-7H;2,4-7H,1H3;3*2-4,6-7H,1H3;;;;;;/q6*-1;;;;;;. The summed E-state index contributed by atoms with van der Waals surface area (Å²) < 4.78 is 10.7. The van der Waals surface area contributed by atoms with Gasteiger partial charge in [0.15, 0.2) is 0 Å². The number of pyridine rings is 6. The van der Waals surface area contributed by atoms with E-state index in [1.54, 1.807) is 66.2 Å². The van der Waals surface area contributed by atoms with Gasteiger partial charge < -0.3 is 4.40 Å². The van der Waals surface area contributed by atoms with Gasteiger partial charge in [0.05, 0.1) is 40.5 Å². The second-order valence-electron chi connectivity index (χ2n) is 20.7. The van der Waals surface area contributed by atoms with E-state index in [2.05, 4.69) is 170 Å². The Bertz CT molecular complexity index is 5870. The second kappa shape index (κ2) is 32.8. The SMILES string of the molecule is Cc1c[c-]c2c(ccn3ncnc23)c1.Cc1cc2ccc[c-]c2c2nncn12.Cc1cn2ncnc2c2[c-]cccc12.Cc1nc2c3[c-]cccc3ccn2n1.[C-]#[N+]c1cc[c-]c2c1ccn1ncnc21.[Ir].[Ir].[Ir].[Ir].[Ir].[Ir].[c-]1ccc(-c2ccccc2)c2ccn3ncnc3c12. The van der Waals surface area contributed by atoms with Crippen molar-refractivity contribution < 1.29 is 121 Å². The van der Waals surface area contributed by atoms with Gasteiger partial charge in [-0.3, -0.25) is 52.3 Å². The number of rotatable bonds is 1. The number of fused-ring (bicyclic) bond motifs is 18. The summed E-state index contributed by atoms with van der Waals surface area (Å²) >= 11 is 0. The predicted molar refractivity (Wildman–Crippen MR) is 347 cm³/mol. The molecule has 486 valence electrons. The molecule has 0 N–H and O–H groups in total. The molecule has 0 bridgehead atoms. The fraction of sp³-hybridized carbons (Fsp3) is 0.0563. The Labute approximate surface area is 629 Å². The Morgan fingerprint density at radius 3 is 1.61 bits per heavy atom. The van der Waals surface area contributed by atoms with Crippen LogP contribution in [0.1, 0.15) is 22.6 Å². The maximum atomic E-state index is 7.07. The number of hydrogen-bond acceptors (Lipinski definition) is 12. The molecule has 0 aliphatic rings. The summed E-state index contributed by atoms with van der Waals surface area (Å²) in [5.41, 5.74) is 11.6. The molecule has 0 saturated heterocycles. The third kappa shape index (κ3) is 14.9. The minimum Gasteiger partial charge on any atom is -0.327 e. The maximum absolute atomic E-state index is 7.07. The van der Waals surface area contributed by atoms with Gasteiger partial charge in [0.2, 0.25) is 0 Å². The van der Waals surface area contributed by atoms with E-state index in [1.165, 1.54) is 34.0 Å². The molecule has 0 amide bonds. The molecule has 19 aromatic rings. The molecule has 0 saturated carbocycles. The molecule has 96 heavy (non-hydrogen) atoms. The minimum atomic E-state index is 0. The first kappa shape index (κ1) is 73.0. The van der Waals surface area contributed by atoms with Crippen molar-refractivity contribution >= 4 is 104 Å². The predicted octanol–water partition coefficient (Wildman–Crippen LogP) is 13.5. The van der Waals surface area contributed by atoms with Crippen molar-refractivity contribution in [3.63, 3.8) is 0 Å². The molecule has 12 aromatic heterocycles. The van der Waals surface area contributed by atoms with Crippen LogP contribution < -0.4 is 0 Å². The molecule has 25 heteroatoms. The second-order valence-corrected chi connectivity index (χ2v) is 20.7. The van der Waals surface area contributed by atoms with Crippen molar-refractivity contribution in [1.29, 1.82) is 0 Å².